The SMILES string of the molecule is N#Cc1cnc2c(Cl)cc(N[C@H](/C(N)=C/N(N)C3CCNCC3)c3sccc3Cl)cc2c1Nc1ccc(F)c(Cl)c1. The molecule has 212 valence electrons. The lowest BCUT2D eigenvalue weighted by Crippen LogP contribution is -2.44. The van der Waals surface area contributed by atoms with Crippen LogP contribution in [-0.4, -0.2) is 29.1 Å². The van der Waals surface area contributed by atoms with Gasteiger partial charge in [-0.05, 0) is 67.7 Å². The Kier molecular flexibility index (Phi) is 9.04. The zero-order chi connectivity index (χ0) is 29.1. The third kappa shape index (κ3) is 6.46. The largest absolute Gasteiger partial charge is 0.399 e. The number of nitrogens with one attached hydrogen (secondary N) is 3. The van der Waals surface area contributed by atoms with Gasteiger partial charge in [0.05, 0.1) is 42.4 Å². The number of pyridine rings is 1. The fourth-order valence-corrected chi connectivity index (χ4v) is 6.41. The Morgan fingerprint density at radius 2 is 1.90 bits per heavy atom. The van der Waals surface area contributed by atoms with Gasteiger partial charge in [-0.2, -0.15) is 5.26 Å². The van der Waals surface area contributed by atoms with Gasteiger partial charge in [-0.1, -0.05) is 34.8 Å². The third-order valence-electron chi connectivity index (χ3n) is 6.81. The number of nitrogens with zero attached hydrogens (tertiary/aromatic N) is 3. The van der Waals surface area contributed by atoms with Gasteiger partial charge in [0.2, 0.25) is 0 Å². The molecule has 7 N–H and O–H groups in total. The van der Waals surface area contributed by atoms with E-state index in [1.807, 2.05) is 17.5 Å². The normalized spacial score (nSPS) is 15.0. The smallest absolute Gasteiger partial charge is 0.141 e. The molecule has 2 aromatic heterocycles. The highest BCUT2D eigenvalue weighted by atomic mass is 35.5. The Morgan fingerprint density at radius 3 is 2.59 bits per heavy atom. The van der Waals surface area contributed by atoms with Crippen LogP contribution in [0.5, 0.6) is 0 Å². The van der Waals surface area contributed by atoms with Crippen LogP contribution in [0.4, 0.5) is 21.5 Å². The minimum atomic E-state index is -0.549. The summed E-state index contributed by atoms with van der Waals surface area (Å²) in [5.41, 5.74) is 9.40. The highest BCUT2D eigenvalue weighted by Gasteiger charge is 2.23. The van der Waals surface area contributed by atoms with Crippen molar-refractivity contribution in [3.05, 3.63) is 91.2 Å². The van der Waals surface area contributed by atoms with Crippen LogP contribution in [0.1, 0.15) is 29.3 Å². The number of hydrazine groups is 1. The molecule has 41 heavy (non-hydrogen) atoms. The van der Waals surface area contributed by atoms with E-state index in [9.17, 15) is 9.65 Å². The molecule has 0 aliphatic carbocycles. The van der Waals surface area contributed by atoms with Gasteiger partial charge in [0.1, 0.15) is 17.9 Å². The van der Waals surface area contributed by atoms with Crippen LogP contribution in [0.3, 0.4) is 0 Å². The fraction of sp³-hybridized carbons (Fsp3) is 0.214. The van der Waals surface area contributed by atoms with E-state index in [0.29, 0.717) is 43.7 Å². The third-order valence-corrected chi connectivity index (χ3v) is 8.82. The number of benzene rings is 2. The van der Waals surface area contributed by atoms with Gasteiger partial charge in [0.25, 0.3) is 0 Å². The van der Waals surface area contributed by atoms with Crippen LogP contribution < -0.4 is 27.5 Å². The van der Waals surface area contributed by atoms with E-state index in [2.05, 4.69) is 27.0 Å². The molecular formula is C28H26Cl3FN8S. The number of piperidine rings is 1. The van der Waals surface area contributed by atoms with Gasteiger partial charge in [0, 0.05) is 35.2 Å². The number of aromatic nitrogens is 1. The number of nitriles is 1. The number of hydrogen-bond donors (Lipinski definition) is 5. The van der Waals surface area contributed by atoms with Gasteiger partial charge >= 0.3 is 0 Å². The van der Waals surface area contributed by atoms with Crippen molar-refractivity contribution in [3.8, 4) is 6.07 Å². The van der Waals surface area contributed by atoms with E-state index >= 15 is 0 Å². The molecule has 13 heteroatoms. The number of hydrogen-bond acceptors (Lipinski definition) is 9. The average Bonchev–Trinajstić information content (AvgIpc) is 3.39. The van der Waals surface area contributed by atoms with E-state index in [1.165, 1.54) is 35.7 Å². The van der Waals surface area contributed by atoms with Gasteiger partial charge < -0.3 is 26.7 Å². The minimum absolute atomic E-state index is 0.0522. The number of thiophene rings is 1. The van der Waals surface area contributed by atoms with Gasteiger partial charge in [0.15, 0.2) is 0 Å². The molecule has 1 fully saturated rings. The molecule has 1 saturated heterocycles. The number of fused-ring (bicyclic) bond motifs is 1. The fourth-order valence-electron chi connectivity index (χ4n) is 4.72. The van der Waals surface area contributed by atoms with Crippen molar-refractivity contribution in [1.82, 2.24) is 15.3 Å². The first-order valence-corrected chi connectivity index (χ1v) is 14.7. The van der Waals surface area contributed by atoms with Crippen LogP contribution >= 0.6 is 46.1 Å². The van der Waals surface area contributed by atoms with Gasteiger partial charge in [-0.15, -0.1) is 11.3 Å². The Hall–Kier alpha value is -3.30. The van der Waals surface area contributed by atoms with Crippen molar-refractivity contribution in [2.24, 2.45) is 11.6 Å². The molecule has 8 nitrogen and oxygen atoms in total. The average molecular weight is 632 g/mol. The number of halogens is 4. The Bertz CT molecular complexity index is 1650. The summed E-state index contributed by atoms with van der Waals surface area (Å²) in [6, 6.07) is 11.4. The summed E-state index contributed by atoms with van der Waals surface area (Å²) in [7, 11) is 0. The number of rotatable bonds is 8. The maximum atomic E-state index is 13.8. The van der Waals surface area contributed by atoms with Crippen LogP contribution in [0, 0.1) is 17.1 Å². The highest BCUT2D eigenvalue weighted by Crippen LogP contribution is 2.39. The molecule has 3 heterocycles. The summed E-state index contributed by atoms with van der Waals surface area (Å²) in [6.07, 6.45) is 4.98. The second kappa shape index (κ2) is 12.7. The molecule has 5 rings (SSSR count). The summed E-state index contributed by atoms with van der Waals surface area (Å²) in [6.45, 7) is 1.78. The summed E-state index contributed by atoms with van der Waals surface area (Å²) < 4.78 is 13.8. The highest BCUT2D eigenvalue weighted by molar-refractivity contribution is 7.10. The molecule has 0 spiro atoms. The maximum absolute atomic E-state index is 13.8. The molecular weight excluding hydrogens is 606 g/mol. The van der Waals surface area contributed by atoms with Crippen molar-refractivity contribution in [3.63, 3.8) is 0 Å². The zero-order valence-electron chi connectivity index (χ0n) is 21.6. The van der Waals surface area contributed by atoms with E-state index in [-0.39, 0.29) is 16.6 Å². The van der Waals surface area contributed by atoms with E-state index in [1.54, 1.807) is 17.3 Å². The van der Waals surface area contributed by atoms with Crippen molar-refractivity contribution >= 4 is 74.1 Å². The van der Waals surface area contributed by atoms with Crippen LogP contribution in [0.15, 0.2) is 59.9 Å². The van der Waals surface area contributed by atoms with E-state index in [4.69, 9.17) is 46.4 Å². The summed E-state index contributed by atoms with van der Waals surface area (Å²) >= 11 is 20.7. The lowest BCUT2D eigenvalue weighted by atomic mass is 10.1. The molecule has 0 saturated carbocycles. The van der Waals surface area contributed by atoms with Gasteiger partial charge in [-0.3, -0.25) is 4.98 Å². The topological polar surface area (TPSA) is 128 Å². The minimum Gasteiger partial charge on any atom is -0.399 e. The van der Waals surface area contributed by atoms with E-state index in [0.717, 1.165) is 30.8 Å². The molecule has 1 atom stereocenters. The molecule has 1 aliphatic heterocycles. The van der Waals surface area contributed by atoms with E-state index < -0.39 is 11.9 Å². The van der Waals surface area contributed by atoms with Crippen molar-refractivity contribution in [1.29, 1.82) is 5.26 Å². The predicted octanol–water partition coefficient (Wildman–Crippen LogP) is 6.89. The standard InChI is InChI=1S/C28H26Cl3FN8S/c29-20-5-8-41-28(20)27(24(34)14-40(35)18-3-6-36-7-4-18)39-17-9-19-25(38-16-1-2-23(32)21(30)10-16)15(12-33)13-37-26(19)22(31)11-17/h1-2,5,8-11,13-14,18,27,36,39H,3-4,6-7,34-35H2,(H,37,38)/b24-14-/t27-/m1/s1. The molecule has 4 aromatic rings. The molecule has 2 aromatic carbocycles. The lowest BCUT2D eigenvalue weighted by Gasteiger charge is -2.31. The zero-order valence-corrected chi connectivity index (χ0v) is 24.7. The van der Waals surface area contributed by atoms with Crippen LogP contribution in [0.25, 0.3) is 10.9 Å². The molecule has 1 aliphatic rings. The lowest BCUT2D eigenvalue weighted by molar-refractivity contribution is 0.228. The van der Waals surface area contributed by atoms with Gasteiger partial charge in [-0.25, -0.2) is 10.2 Å². The predicted molar refractivity (Wildman–Crippen MR) is 166 cm³/mol. The molecule has 0 radical (unpaired) electrons. The second-order valence-electron chi connectivity index (χ2n) is 9.53. The first kappa shape index (κ1) is 29.2. The number of anilines is 3. The van der Waals surface area contributed by atoms with Crippen LogP contribution in [0.2, 0.25) is 15.1 Å². The summed E-state index contributed by atoms with van der Waals surface area (Å²) in [5, 5.41) is 24.8. The second-order valence-corrected chi connectivity index (χ2v) is 11.7. The maximum Gasteiger partial charge on any atom is 0.141 e. The molecule has 0 unspecified atom stereocenters. The first-order chi connectivity index (χ1) is 19.7. The number of nitrogens with two attached hydrogens (primary N) is 2. The Balaban J connectivity index is 1.55. The van der Waals surface area contributed by atoms with Crippen molar-refractivity contribution in [2.75, 3.05) is 23.7 Å². The Labute approximate surface area is 255 Å². The van der Waals surface area contributed by atoms with Crippen molar-refractivity contribution in [2.45, 2.75) is 24.9 Å². The molecule has 0 bridgehead atoms. The first-order valence-electron chi connectivity index (χ1n) is 12.7. The van der Waals surface area contributed by atoms with Crippen molar-refractivity contribution < 1.29 is 4.39 Å². The molecule has 0 amide bonds. The Morgan fingerprint density at radius 1 is 1.15 bits per heavy atom. The quantitative estimate of drug-likeness (QED) is 0.105. The van der Waals surface area contributed by atoms with Crippen LogP contribution in [-0.2, 0) is 0 Å². The monoisotopic (exact) mass is 630 g/mol. The summed E-state index contributed by atoms with van der Waals surface area (Å²) in [4.78, 5) is 5.21. The summed E-state index contributed by atoms with van der Waals surface area (Å²) in [5.74, 6) is 5.86.